The lowest BCUT2D eigenvalue weighted by atomic mass is 9.76. The molecule has 0 bridgehead atoms. The number of likely N-dealkylation sites (tertiary alicyclic amines) is 1. The molecule has 2 aliphatic rings. The number of carbonyl (C=O) groups excluding carboxylic acids is 1. The van der Waals surface area contributed by atoms with Gasteiger partial charge >= 0.3 is 0 Å². The predicted molar refractivity (Wildman–Crippen MR) is 87.4 cm³/mol. The molecule has 1 unspecified atom stereocenters. The minimum Gasteiger partial charge on any atom is -0.342 e. The lowest BCUT2D eigenvalue weighted by molar-refractivity contribution is -0.145. The first-order chi connectivity index (χ1) is 10.1. The molecule has 4 heteroatoms. The summed E-state index contributed by atoms with van der Waals surface area (Å²) in [6.45, 7) is 9.83. The summed E-state index contributed by atoms with van der Waals surface area (Å²) >= 11 is 0. The summed E-state index contributed by atoms with van der Waals surface area (Å²) in [6.07, 6.45) is 6.63. The third-order valence-electron chi connectivity index (χ3n) is 5.57. The Labute approximate surface area is 130 Å². The monoisotopic (exact) mass is 295 g/mol. The predicted octanol–water partition coefficient (Wildman–Crippen LogP) is 2.10. The van der Waals surface area contributed by atoms with Gasteiger partial charge in [-0.15, -0.1) is 0 Å². The Hall–Kier alpha value is -0.610. The van der Waals surface area contributed by atoms with E-state index in [9.17, 15) is 4.79 Å². The third kappa shape index (κ3) is 3.78. The molecule has 21 heavy (non-hydrogen) atoms. The van der Waals surface area contributed by atoms with Crippen LogP contribution in [0.4, 0.5) is 0 Å². The van der Waals surface area contributed by atoms with Gasteiger partial charge in [0.2, 0.25) is 5.91 Å². The van der Waals surface area contributed by atoms with Gasteiger partial charge < -0.3 is 15.1 Å². The van der Waals surface area contributed by atoms with Crippen molar-refractivity contribution >= 4 is 5.91 Å². The first kappa shape index (κ1) is 16.8. The number of rotatable bonds is 5. The van der Waals surface area contributed by atoms with E-state index in [2.05, 4.69) is 29.0 Å². The highest BCUT2D eigenvalue weighted by Gasteiger charge is 2.41. The summed E-state index contributed by atoms with van der Waals surface area (Å²) in [5.74, 6) is 0.381. The van der Waals surface area contributed by atoms with Crippen molar-refractivity contribution in [3.8, 4) is 0 Å². The molecule has 2 fully saturated rings. The Bertz CT molecular complexity index is 331. The van der Waals surface area contributed by atoms with Crippen LogP contribution in [0.2, 0.25) is 0 Å². The number of amides is 1. The average molecular weight is 295 g/mol. The molecule has 0 aliphatic carbocycles. The van der Waals surface area contributed by atoms with Gasteiger partial charge in [0.1, 0.15) is 0 Å². The van der Waals surface area contributed by atoms with Gasteiger partial charge in [-0.25, -0.2) is 0 Å². The molecule has 2 rings (SSSR count). The van der Waals surface area contributed by atoms with Crippen molar-refractivity contribution in [1.29, 1.82) is 0 Å². The second-order valence-corrected chi connectivity index (χ2v) is 6.90. The molecule has 122 valence electrons. The van der Waals surface area contributed by atoms with Crippen molar-refractivity contribution in [1.82, 2.24) is 15.1 Å². The summed E-state index contributed by atoms with van der Waals surface area (Å²) in [7, 11) is 2.04. The van der Waals surface area contributed by atoms with Crippen LogP contribution in [0.25, 0.3) is 0 Å². The van der Waals surface area contributed by atoms with Crippen LogP contribution in [0.15, 0.2) is 0 Å². The summed E-state index contributed by atoms with van der Waals surface area (Å²) in [6, 6.07) is 0.441. The fourth-order valence-corrected chi connectivity index (χ4v) is 3.99. The van der Waals surface area contributed by atoms with E-state index in [-0.39, 0.29) is 5.41 Å². The SMILES string of the molecule is CCCN1CCC(N(C)C(=O)C2(CC)CCCNC2)CC1. The minimum atomic E-state index is -0.145. The smallest absolute Gasteiger partial charge is 0.230 e. The maximum atomic E-state index is 13.0. The number of carbonyl (C=O) groups is 1. The highest BCUT2D eigenvalue weighted by molar-refractivity contribution is 5.83. The van der Waals surface area contributed by atoms with Crippen LogP contribution >= 0.6 is 0 Å². The number of nitrogens with one attached hydrogen (secondary N) is 1. The Balaban J connectivity index is 1.93. The van der Waals surface area contributed by atoms with Crippen molar-refractivity contribution in [2.24, 2.45) is 5.41 Å². The largest absolute Gasteiger partial charge is 0.342 e. The van der Waals surface area contributed by atoms with Gasteiger partial charge in [-0.3, -0.25) is 4.79 Å². The van der Waals surface area contributed by atoms with Crippen LogP contribution in [0.5, 0.6) is 0 Å². The van der Waals surface area contributed by atoms with Gasteiger partial charge in [0.15, 0.2) is 0 Å². The maximum Gasteiger partial charge on any atom is 0.230 e. The van der Waals surface area contributed by atoms with Crippen molar-refractivity contribution in [3.05, 3.63) is 0 Å². The molecule has 1 amide bonds. The Morgan fingerprint density at radius 2 is 2.05 bits per heavy atom. The van der Waals surface area contributed by atoms with Gasteiger partial charge in [-0.1, -0.05) is 13.8 Å². The van der Waals surface area contributed by atoms with E-state index in [1.165, 1.54) is 13.0 Å². The lowest BCUT2D eigenvalue weighted by Crippen LogP contribution is -2.54. The van der Waals surface area contributed by atoms with Crippen LogP contribution in [-0.2, 0) is 4.79 Å². The minimum absolute atomic E-state index is 0.145. The van der Waals surface area contributed by atoms with Crippen molar-refractivity contribution in [3.63, 3.8) is 0 Å². The van der Waals surface area contributed by atoms with Crippen LogP contribution in [0.1, 0.15) is 52.4 Å². The van der Waals surface area contributed by atoms with E-state index in [0.29, 0.717) is 11.9 Å². The average Bonchev–Trinajstić information content (AvgIpc) is 2.55. The number of hydrogen-bond donors (Lipinski definition) is 1. The molecule has 0 aromatic heterocycles. The molecule has 0 aromatic carbocycles. The lowest BCUT2D eigenvalue weighted by Gasteiger charge is -2.43. The summed E-state index contributed by atoms with van der Waals surface area (Å²) in [5.41, 5.74) is -0.145. The van der Waals surface area contributed by atoms with E-state index in [0.717, 1.165) is 58.3 Å². The Kier molecular flexibility index (Phi) is 6.06. The van der Waals surface area contributed by atoms with Crippen LogP contribution in [0, 0.1) is 5.41 Å². The molecule has 0 saturated carbocycles. The zero-order valence-corrected chi connectivity index (χ0v) is 14.2. The van der Waals surface area contributed by atoms with E-state index in [1.54, 1.807) is 0 Å². The van der Waals surface area contributed by atoms with Gasteiger partial charge in [-0.2, -0.15) is 0 Å². The summed E-state index contributed by atoms with van der Waals surface area (Å²) in [5, 5.41) is 3.43. The number of hydrogen-bond acceptors (Lipinski definition) is 3. The van der Waals surface area contributed by atoms with Crippen LogP contribution < -0.4 is 5.32 Å². The van der Waals surface area contributed by atoms with Crippen molar-refractivity contribution in [2.75, 3.05) is 39.8 Å². The van der Waals surface area contributed by atoms with Crippen molar-refractivity contribution < 1.29 is 4.79 Å². The highest BCUT2D eigenvalue weighted by atomic mass is 16.2. The quantitative estimate of drug-likeness (QED) is 0.844. The van der Waals surface area contributed by atoms with E-state index in [4.69, 9.17) is 0 Å². The highest BCUT2D eigenvalue weighted by Crippen LogP contribution is 2.33. The zero-order valence-electron chi connectivity index (χ0n) is 14.2. The second-order valence-electron chi connectivity index (χ2n) is 6.90. The molecule has 0 radical (unpaired) electrons. The Morgan fingerprint density at radius 1 is 1.33 bits per heavy atom. The number of nitrogens with zero attached hydrogens (tertiary/aromatic N) is 2. The first-order valence-electron chi connectivity index (χ1n) is 8.83. The molecule has 0 spiro atoms. The summed E-state index contributed by atoms with van der Waals surface area (Å²) in [4.78, 5) is 17.6. The zero-order chi connectivity index (χ0) is 15.3. The van der Waals surface area contributed by atoms with Crippen LogP contribution in [-0.4, -0.2) is 61.5 Å². The molecule has 2 heterocycles. The van der Waals surface area contributed by atoms with Crippen molar-refractivity contribution in [2.45, 2.75) is 58.4 Å². The first-order valence-corrected chi connectivity index (χ1v) is 8.83. The number of piperidine rings is 2. The van der Waals surface area contributed by atoms with Crippen LogP contribution in [0.3, 0.4) is 0 Å². The van der Waals surface area contributed by atoms with Gasteiger partial charge in [-0.05, 0) is 51.6 Å². The summed E-state index contributed by atoms with van der Waals surface area (Å²) < 4.78 is 0. The molecule has 0 aromatic rings. The van der Waals surface area contributed by atoms with Gasteiger partial charge in [0.05, 0.1) is 5.41 Å². The second kappa shape index (κ2) is 7.59. The van der Waals surface area contributed by atoms with Gasteiger partial charge in [0, 0.05) is 32.7 Å². The van der Waals surface area contributed by atoms with E-state index in [1.807, 2.05) is 7.05 Å². The standard InChI is InChI=1S/C17H33N3O/c1-4-11-20-12-7-15(8-13-20)19(3)16(21)17(5-2)9-6-10-18-14-17/h15,18H,4-14H2,1-3H3. The molecule has 1 atom stereocenters. The molecule has 1 N–H and O–H groups in total. The molecular weight excluding hydrogens is 262 g/mol. The Morgan fingerprint density at radius 3 is 2.57 bits per heavy atom. The van der Waals surface area contributed by atoms with E-state index >= 15 is 0 Å². The van der Waals surface area contributed by atoms with E-state index < -0.39 is 0 Å². The topological polar surface area (TPSA) is 35.6 Å². The fraction of sp³-hybridized carbons (Fsp3) is 0.941. The van der Waals surface area contributed by atoms with Gasteiger partial charge in [0.25, 0.3) is 0 Å². The molecular formula is C17H33N3O. The molecule has 4 nitrogen and oxygen atoms in total. The molecule has 2 saturated heterocycles. The third-order valence-corrected chi connectivity index (χ3v) is 5.57. The molecule has 2 aliphatic heterocycles. The fourth-order valence-electron chi connectivity index (χ4n) is 3.99. The maximum absolute atomic E-state index is 13.0. The normalized spacial score (nSPS) is 28.5.